The first kappa shape index (κ1) is 17.2. The fourth-order valence-corrected chi connectivity index (χ4v) is 2.67. The lowest BCUT2D eigenvalue weighted by atomic mass is 10.2. The number of rotatable bonds is 7. The number of hydrogen-bond acceptors (Lipinski definition) is 4. The van der Waals surface area contributed by atoms with Crippen molar-refractivity contribution in [3.05, 3.63) is 34.9 Å². The average Bonchev–Trinajstić information content (AvgIpc) is 2.85. The molecule has 2 atom stereocenters. The Bertz CT molecular complexity index is 481. The van der Waals surface area contributed by atoms with Gasteiger partial charge in [-0.25, -0.2) is 0 Å². The van der Waals surface area contributed by atoms with Gasteiger partial charge in [-0.05, 0) is 24.6 Å². The Morgan fingerprint density at radius 2 is 2.14 bits per heavy atom. The molecule has 0 aliphatic carbocycles. The molecule has 0 saturated carbocycles. The summed E-state index contributed by atoms with van der Waals surface area (Å²) in [6.45, 7) is 4.89. The molecule has 5 nitrogen and oxygen atoms in total. The normalized spacial score (nSPS) is 22.0. The number of aliphatic hydroxyl groups is 1. The molecule has 1 aliphatic rings. The maximum absolute atomic E-state index is 11.9. The lowest BCUT2D eigenvalue weighted by molar-refractivity contribution is -0.121. The monoisotopic (exact) mass is 326 g/mol. The molecule has 122 valence electrons. The molecule has 0 spiro atoms. The summed E-state index contributed by atoms with van der Waals surface area (Å²) in [4.78, 5) is 13.9. The predicted octanol–water partition coefficient (Wildman–Crippen LogP) is 1.43. The van der Waals surface area contributed by atoms with E-state index in [2.05, 4.69) is 10.2 Å². The van der Waals surface area contributed by atoms with Gasteiger partial charge in [0.25, 0.3) is 0 Å². The molecule has 1 heterocycles. The second kappa shape index (κ2) is 8.48. The number of nitrogens with one attached hydrogen (secondary N) is 1. The van der Waals surface area contributed by atoms with Crippen LogP contribution in [0.1, 0.15) is 18.9 Å². The number of amides is 1. The first-order valence-corrected chi connectivity index (χ1v) is 7.99. The van der Waals surface area contributed by atoms with Crippen LogP contribution < -0.4 is 5.32 Å². The third-order valence-electron chi connectivity index (χ3n) is 3.75. The van der Waals surface area contributed by atoms with Crippen molar-refractivity contribution in [1.82, 2.24) is 10.2 Å². The van der Waals surface area contributed by atoms with Gasteiger partial charge in [-0.15, -0.1) is 0 Å². The fourth-order valence-electron chi connectivity index (χ4n) is 2.54. The summed E-state index contributed by atoms with van der Waals surface area (Å²) in [7, 11) is 0. The van der Waals surface area contributed by atoms with E-state index in [1.54, 1.807) is 0 Å². The molecule has 1 amide bonds. The maximum Gasteiger partial charge on any atom is 0.221 e. The first-order valence-electron chi connectivity index (χ1n) is 7.61. The van der Waals surface area contributed by atoms with Crippen molar-refractivity contribution in [2.75, 3.05) is 26.2 Å². The van der Waals surface area contributed by atoms with Crippen LogP contribution in [0.4, 0.5) is 0 Å². The van der Waals surface area contributed by atoms with Gasteiger partial charge in [-0.1, -0.05) is 23.7 Å². The van der Waals surface area contributed by atoms with Crippen LogP contribution in [0.25, 0.3) is 0 Å². The number of halogens is 1. The molecular formula is C16H23ClN2O3. The average molecular weight is 327 g/mol. The van der Waals surface area contributed by atoms with E-state index >= 15 is 0 Å². The van der Waals surface area contributed by atoms with E-state index in [0.717, 1.165) is 5.56 Å². The number of β-amino-alcohol motifs (C(OH)–C–C–N with tert-alkyl or cyclic N) is 1. The number of hydrogen-bond donors (Lipinski definition) is 2. The zero-order chi connectivity index (χ0) is 15.9. The Labute approximate surface area is 136 Å². The number of carbonyl (C=O) groups is 1. The standard InChI is InChI=1S/C16H23ClN2O3/c1-2-22-15-11-19(10-14(15)20)8-7-16(21)18-9-12-3-5-13(17)6-4-12/h3-6,14-15,20H,2,7-11H2,1H3,(H,18,21)/t14-,15-/m0/s1. The molecule has 1 aromatic rings. The SMILES string of the molecule is CCO[C@H]1CN(CCC(=O)NCc2ccc(Cl)cc2)C[C@@H]1O. The fraction of sp³-hybridized carbons (Fsp3) is 0.562. The summed E-state index contributed by atoms with van der Waals surface area (Å²) >= 11 is 5.82. The van der Waals surface area contributed by atoms with Crippen LogP contribution in [0.5, 0.6) is 0 Å². The van der Waals surface area contributed by atoms with Gasteiger partial charge in [0.15, 0.2) is 0 Å². The number of benzene rings is 1. The van der Waals surface area contributed by atoms with E-state index in [1.807, 2.05) is 31.2 Å². The molecule has 1 saturated heterocycles. The maximum atomic E-state index is 11.9. The van der Waals surface area contributed by atoms with Crippen LogP contribution in [0, 0.1) is 0 Å². The zero-order valence-electron chi connectivity index (χ0n) is 12.8. The molecular weight excluding hydrogens is 304 g/mol. The molecule has 2 rings (SSSR count). The Hall–Kier alpha value is -1.14. The van der Waals surface area contributed by atoms with Crippen LogP contribution in [0.15, 0.2) is 24.3 Å². The lowest BCUT2D eigenvalue weighted by Crippen LogP contribution is -2.30. The molecule has 6 heteroatoms. The minimum atomic E-state index is -0.461. The molecule has 22 heavy (non-hydrogen) atoms. The van der Waals surface area contributed by atoms with Gasteiger partial charge in [-0.3, -0.25) is 9.69 Å². The van der Waals surface area contributed by atoms with Gasteiger partial charge in [0, 0.05) is 44.2 Å². The minimum absolute atomic E-state index is 0.00398. The number of ether oxygens (including phenoxy) is 1. The predicted molar refractivity (Wildman–Crippen MR) is 85.8 cm³/mol. The minimum Gasteiger partial charge on any atom is -0.389 e. The summed E-state index contributed by atoms with van der Waals surface area (Å²) in [6, 6.07) is 7.41. The van der Waals surface area contributed by atoms with Gasteiger partial charge in [-0.2, -0.15) is 0 Å². The smallest absolute Gasteiger partial charge is 0.221 e. The molecule has 1 fully saturated rings. The Morgan fingerprint density at radius 3 is 2.82 bits per heavy atom. The second-order valence-corrected chi connectivity index (χ2v) is 5.91. The molecule has 1 aliphatic heterocycles. The van der Waals surface area contributed by atoms with E-state index in [0.29, 0.717) is 44.2 Å². The van der Waals surface area contributed by atoms with Crippen molar-refractivity contribution in [3.8, 4) is 0 Å². The Morgan fingerprint density at radius 1 is 1.41 bits per heavy atom. The van der Waals surface area contributed by atoms with Crippen LogP contribution in [-0.4, -0.2) is 54.4 Å². The van der Waals surface area contributed by atoms with Crippen LogP contribution in [-0.2, 0) is 16.1 Å². The van der Waals surface area contributed by atoms with Gasteiger partial charge in [0.2, 0.25) is 5.91 Å². The molecule has 1 aromatic carbocycles. The number of aliphatic hydroxyl groups excluding tert-OH is 1. The molecule has 2 N–H and O–H groups in total. The van der Waals surface area contributed by atoms with Gasteiger partial charge in [0.05, 0.1) is 12.2 Å². The lowest BCUT2D eigenvalue weighted by Gasteiger charge is -2.15. The number of likely N-dealkylation sites (tertiary alicyclic amines) is 1. The van der Waals surface area contributed by atoms with E-state index in [-0.39, 0.29) is 12.0 Å². The van der Waals surface area contributed by atoms with Crippen molar-refractivity contribution in [3.63, 3.8) is 0 Å². The van der Waals surface area contributed by atoms with E-state index in [1.165, 1.54) is 0 Å². The van der Waals surface area contributed by atoms with Crippen molar-refractivity contribution in [1.29, 1.82) is 0 Å². The zero-order valence-corrected chi connectivity index (χ0v) is 13.6. The highest BCUT2D eigenvalue weighted by molar-refractivity contribution is 6.30. The highest BCUT2D eigenvalue weighted by Gasteiger charge is 2.31. The summed E-state index contributed by atoms with van der Waals surface area (Å²) in [5, 5.41) is 13.4. The molecule has 0 aromatic heterocycles. The Kier molecular flexibility index (Phi) is 6.64. The van der Waals surface area contributed by atoms with Gasteiger partial charge >= 0.3 is 0 Å². The van der Waals surface area contributed by atoms with E-state index in [4.69, 9.17) is 16.3 Å². The van der Waals surface area contributed by atoms with Gasteiger partial charge < -0.3 is 15.2 Å². The summed E-state index contributed by atoms with van der Waals surface area (Å²) in [5.74, 6) is 0.00398. The third-order valence-corrected chi connectivity index (χ3v) is 4.00. The van der Waals surface area contributed by atoms with Crippen molar-refractivity contribution in [2.45, 2.75) is 32.1 Å². The molecule has 0 bridgehead atoms. The van der Waals surface area contributed by atoms with Crippen molar-refractivity contribution >= 4 is 17.5 Å². The van der Waals surface area contributed by atoms with E-state index < -0.39 is 6.10 Å². The summed E-state index contributed by atoms with van der Waals surface area (Å²) < 4.78 is 5.46. The number of carbonyl (C=O) groups excluding carboxylic acids is 1. The summed E-state index contributed by atoms with van der Waals surface area (Å²) in [5.41, 5.74) is 1.02. The highest BCUT2D eigenvalue weighted by Crippen LogP contribution is 2.14. The van der Waals surface area contributed by atoms with Crippen molar-refractivity contribution in [2.24, 2.45) is 0 Å². The topological polar surface area (TPSA) is 61.8 Å². The highest BCUT2D eigenvalue weighted by atomic mass is 35.5. The van der Waals surface area contributed by atoms with Crippen LogP contribution >= 0.6 is 11.6 Å². The summed E-state index contributed by atoms with van der Waals surface area (Å²) in [6.07, 6.45) is -0.182. The van der Waals surface area contributed by atoms with Crippen LogP contribution in [0.2, 0.25) is 5.02 Å². The first-order chi connectivity index (χ1) is 10.6. The largest absolute Gasteiger partial charge is 0.389 e. The second-order valence-electron chi connectivity index (χ2n) is 5.47. The van der Waals surface area contributed by atoms with Crippen molar-refractivity contribution < 1.29 is 14.6 Å². The Balaban J connectivity index is 1.66. The third kappa shape index (κ3) is 5.25. The molecule has 0 unspecified atom stereocenters. The van der Waals surface area contributed by atoms with Gasteiger partial charge in [0.1, 0.15) is 0 Å². The van der Waals surface area contributed by atoms with Crippen LogP contribution in [0.3, 0.4) is 0 Å². The molecule has 0 radical (unpaired) electrons. The van der Waals surface area contributed by atoms with E-state index in [9.17, 15) is 9.90 Å². The quantitative estimate of drug-likeness (QED) is 0.795. The number of nitrogens with zero attached hydrogens (tertiary/aromatic N) is 1.